The molecule has 2 aromatic rings. The maximum atomic E-state index is 6.15. The van der Waals surface area contributed by atoms with Gasteiger partial charge in [-0.05, 0) is 18.6 Å². The third-order valence-corrected chi connectivity index (χ3v) is 3.35. The number of nitrogens with zero attached hydrogens (tertiary/aromatic N) is 2. The minimum atomic E-state index is -0.0691. The van der Waals surface area contributed by atoms with E-state index in [1.54, 1.807) is 0 Å². The van der Waals surface area contributed by atoms with Crippen LogP contribution >= 0.6 is 11.6 Å². The average molecular weight is 276 g/mol. The number of nitrogens with two attached hydrogens (primary N) is 1. The van der Waals surface area contributed by atoms with E-state index in [0.29, 0.717) is 16.7 Å². The number of aromatic nitrogens is 2. The molecule has 0 fully saturated rings. The first-order valence-electron chi connectivity index (χ1n) is 6.19. The Bertz CT molecular complexity index is 615. The van der Waals surface area contributed by atoms with Crippen LogP contribution in [-0.4, -0.2) is 9.97 Å². The minimum absolute atomic E-state index is 0.0691. The van der Waals surface area contributed by atoms with Gasteiger partial charge in [-0.3, -0.25) is 0 Å². The molecule has 100 valence electrons. The van der Waals surface area contributed by atoms with Crippen molar-refractivity contribution in [1.29, 1.82) is 0 Å². The third kappa shape index (κ3) is 3.04. The Morgan fingerprint density at radius 1 is 1.11 bits per heavy atom. The topological polar surface area (TPSA) is 51.8 Å². The van der Waals surface area contributed by atoms with Crippen molar-refractivity contribution in [3.05, 3.63) is 40.5 Å². The molecular formula is C15H18ClN3. The molecule has 3 nitrogen and oxygen atoms in total. The van der Waals surface area contributed by atoms with Crippen LogP contribution in [0.1, 0.15) is 32.0 Å². The van der Waals surface area contributed by atoms with Crippen molar-refractivity contribution in [2.24, 2.45) is 0 Å². The summed E-state index contributed by atoms with van der Waals surface area (Å²) in [6, 6.07) is 7.61. The van der Waals surface area contributed by atoms with Crippen molar-refractivity contribution in [1.82, 2.24) is 9.97 Å². The van der Waals surface area contributed by atoms with Gasteiger partial charge in [-0.25, -0.2) is 9.97 Å². The molecule has 1 heterocycles. The fourth-order valence-corrected chi connectivity index (χ4v) is 1.89. The average Bonchev–Trinajstić information content (AvgIpc) is 2.31. The second-order valence-corrected chi connectivity index (χ2v) is 6.12. The van der Waals surface area contributed by atoms with Gasteiger partial charge in [0.05, 0.1) is 5.69 Å². The van der Waals surface area contributed by atoms with Crippen molar-refractivity contribution in [2.75, 3.05) is 5.73 Å². The molecule has 2 rings (SSSR count). The molecule has 0 bridgehead atoms. The van der Waals surface area contributed by atoms with Crippen LogP contribution in [0.5, 0.6) is 0 Å². The van der Waals surface area contributed by atoms with E-state index in [1.165, 1.54) is 0 Å². The number of hydrogen-bond donors (Lipinski definition) is 1. The van der Waals surface area contributed by atoms with E-state index in [2.05, 4.69) is 30.7 Å². The summed E-state index contributed by atoms with van der Waals surface area (Å²) >= 11 is 6.15. The molecule has 0 saturated heterocycles. The molecule has 0 amide bonds. The van der Waals surface area contributed by atoms with Crippen LogP contribution in [0.4, 0.5) is 5.82 Å². The lowest BCUT2D eigenvalue weighted by Gasteiger charge is -2.18. The first-order valence-corrected chi connectivity index (χ1v) is 6.57. The lowest BCUT2D eigenvalue weighted by atomic mass is 9.92. The highest BCUT2D eigenvalue weighted by molar-refractivity contribution is 6.31. The second kappa shape index (κ2) is 4.82. The van der Waals surface area contributed by atoms with Crippen LogP contribution in [0.3, 0.4) is 0 Å². The van der Waals surface area contributed by atoms with Gasteiger partial charge in [0.2, 0.25) is 0 Å². The monoisotopic (exact) mass is 275 g/mol. The van der Waals surface area contributed by atoms with E-state index in [0.717, 1.165) is 16.8 Å². The van der Waals surface area contributed by atoms with E-state index in [1.807, 2.05) is 31.2 Å². The quantitative estimate of drug-likeness (QED) is 0.856. The van der Waals surface area contributed by atoms with E-state index < -0.39 is 0 Å². The molecule has 1 aromatic carbocycles. The van der Waals surface area contributed by atoms with Gasteiger partial charge in [-0.1, -0.05) is 44.5 Å². The Kier molecular flexibility index (Phi) is 3.50. The molecule has 0 saturated carbocycles. The predicted octanol–water partition coefficient (Wildman–Crippen LogP) is 3.99. The molecule has 0 unspecified atom stereocenters. The molecule has 0 aliphatic heterocycles. The zero-order valence-electron chi connectivity index (χ0n) is 11.7. The Morgan fingerprint density at radius 2 is 1.79 bits per heavy atom. The minimum Gasteiger partial charge on any atom is -0.384 e. The number of rotatable bonds is 1. The smallest absolute Gasteiger partial charge is 0.161 e. The maximum absolute atomic E-state index is 6.15. The Hall–Kier alpha value is -1.61. The van der Waals surface area contributed by atoms with Gasteiger partial charge in [0, 0.05) is 22.1 Å². The van der Waals surface area contributed by atoms with Gasteiger partial charge in [-0.2, -0.15) is 0 Å². The predicted molar refractivity (Wildman–Crippen MR) is 80.3 cm³/mol. The first-order chi connectivity index (χ1) is 8.77. The zero-order valence-corrected chi connectivity index (χ0v) is 12.4. The summed E-state index contributed by atoms with van der Waals surface area (Å²) in [5, 5.41) is 0.709. The molecule has 1 aromatic heterocycles. The molecule has 0 aliphatic carbocycles. The third-order valence-electron chi connectivity index (χ3n) is 2.94. The molecule has 0 radical (unpaired) electrons. The summed E-state index contributed by atoms with van der Waals surface area (Å²) < 4.78 is 0. The number of halogens is 1. The number of hydrogen-bond acceptors (Lipinski definition) is 3. The molecule has 19 heavy (non-hydrogen) atoms. The molecule has 2 N–H and O–H groups in total. The summed E-state index contributed by atoms with van der Waals surface area (Å²) in [5.74, 6) is 1.10. The fraction of sp³-hybridized carbons (Fsp3) is 0.333. The second-order valence-electron chi connectivity index (χ2n) is 5.72. The highest BCUT2D eigenvalue weighted by Crippen LogP contribution is 2.27. The molecule has 0 aliphatic rings. The van der Waals surface area contributed by atoms with E-state index in [9.17, 15) is 0 Å². The number of anilines is 1. The Labute approximate surface area is 118 Å². The van der Waals surface area contributed by atoms with Crippen molar-refractivity contribution >= 4 is 17.4 Å². The standard InChI is InChI=1S/C15H18ClN3/c1-9-5-6-10(7-11(9)16)14-18-12(15(2,3)4)8-13(17)19-14/h5-8H,1-4H3,(H2,17,18,19). The lowest BCUT2D eigenvalue weighted by molar-refractivity contribution is 0.568. The molecule has 4 heteroatoms. The summed E-state index contributed by atoms with van der Waals surface area (Å²) in [6.07, 6.45) is 0. The Balaban J connectivity index is 2.56. The summed E-state index contributed by atoms with van der Waals surface area (Å²) in [5.41, 5.74) is 8.65. The highest BCUT2D eigenvalue weighted by atomic mass is 35.5. The van der Waals surface area contributed by atoms with Crippen molar-refractivity contribution in [2.45, 2.75) is 33.1 Å². The molecular weight excluding hydrogens is 258 g/mol. The van der Waals surface area contributed by atoms with Crippen LogP contribution in [0.15, 0.2) is 24.3 Å². The van der Waals surface area contributed by atoms with Crippen LogP contribution < -0.4 is 5.73 Å². The molecule has 0 atom stereocenters. The van der Waals surface area contributed by atoms with E-state index in [4.69, 9.17) is 17.3 Å². The van der Waals surface area contributed by atoms with Crippen LogP contribution in [-0.2, 0) is 5.41 Å². The van der Waals surface area contributed by atoms with E-state index in [-0.39, 0.29) is 5.41 Å². The van der Waals surface area contributed by atoms with Gasteiger partial charge in [-0.15, -0.1) is 0 Å². The van der Waals surface area contributed by atoms with Crippen LogP contribution in [0.2, 0.25) is 5.02 Å². The number of nitrogen functional groups attached to an aromatic ring is 1. The number of benzene rings is 1. The normalized spacial score (nSPS) is 11.6. The Morgan fingerprint density at radius 3 is 2.37 bits per heavy atom. The van der Waals surface area contributed by atoms with Gasteiger partial charge >= 0.3 is 0 Å². The van der Waals surface area contributed by atoms with Gasteiger partial charge in [0.15, 0.2) is 5.82 Å². The van der Waals surface area contributed by atoms with Crippen molar-refractivity contribution in [3.63, 3.8) is 0 Å². The van der Waals surface area contributed by atoms with Crippen molar-refractivity contribution in [3.8, 4) is 11.4 Å². The molecule has 0 spiro atoms. The largest absolute Gasteiger partial charge is 0.384 e. The number of aryl methyl sites for hydroxylation is 1. The SMILES string of the molecule is Cc1ccc(-c2nc(N)cc(C(C)(C)C)n2)cc1Cl. The summed E-state index contributed by atoms with van der Waals surface area (Å²) in [7, 11) is 0. The lowest BCUT2D eigenvalue weighted by Crippen LogP contribution is -2.15. The van der Waals surface area contributed by atoms with E-state index >= 15 is 0 Å². The van der Waals surface area contributed by atoms with Crippen LogP contribution in [0.25, 0.3) is 11.4 Å². The summed E-state index contributed by atoms with van der Waals surface area (Å²) in [4.78, 5) is 8.89. The fourth-order valence-electron chi connectivity index (χ4n) is 1.71. The van der Waals surface area contributed by atoms with Crippen LogP contribution in [0, 0.1) is 6.92 Å². The first kappa shape index (κ1) is 13.8. The summed E-state index contributed by atoms with van der Waals surface area (Å²) in [6.45, 7) is 8.26. The van der Waals surface area contributed by atoms with Gasteiger partial charge < -0.3 is 5.73 Å². The van der Waals surface area contributed by atoms with Gasteiger partial charge in [0.25, 0.3) is 0 Å². The van der Waals surface area contributed by atoms with Crippen molar-refractivity contribution < 1.29 is 0 Å². The zero-order chi connectivity index (χ0) is 14.2. The highest BCUT2D eigenvalue weighted by Gasteiger charge is 2.18. The van der Waals surface area contributed by atoms with Gasteiger partial charge in [0.1, 0.15) is 5.82 Å². The maximum Gasteiger partial charge on any atom is 0.161 e.